The molecular weight excluding hydrogens is 471 g/mol. The predicted molar refractivity (Wildman–Crippen MR) is 130 cm³/mol. The van der Waals surface area contributed by atoms with E-state index in [1.165, 1.54) is 6.07 Å². The Kier molecular flexibility index (Phi) is 6.62. The zero-order valence-corrected chi connectivity index (χ0v) is 20.2. The summed E-state index contributed by atoms with van der Waals surface area (Å²) in [6.07, 6.45) is 1.11. The van der Waals surface area contributed by atoms with Crippen molar-refractivity contribution in [2.45, 2.75) is 24.8 Å². The lowest BCUT2D eigenvalue weighted by Gasteiger charge is -2.22. The van der Waals surface area contributed by atoms with Gasteiger partial charge in [-0.15, -0.1) is 0 Å². The average molecular weight is 497 g/mol. The molecule has 2 N–H and O–H groups in total. The molecule has 7 nitrogen and oxygen atoms in total. The highest BCUT2D eigenvalue weighted by atomic mass is 32.2. The van der Waals surface area contributed by atoms with Gasteiger partial charge in [-0.25, -0.2) is 12.8 Å². The smallest absolute Gasteiger partial charge is 0.254 e. The Morgan fingerprint density at radius 3 is 2.37 bits per heavy atom. The van der Waals surface area contributed by atoms with Crippen LogP contribution in [0.25, 0.3) is 11.1 Å². The number of rotatable bonds is 5. The molecule has 0 spiro atoms. The first-order valence-electron chi connectivity index (χ1n) is 11.1. The van der Waals surface area contributed by atoms with Crippen LogP contribution in [-0.4, -0.2) is 44.5 Å². The molecule has 4 rings (SSSR count). The normalized spacial score (nSPS) is 13.5. The number of nitrogens with two attached hydrogens (primary N) is 1. The third-order valence-corrected chi connectivity index (χ3v) is 7.14. The molecule has 3 aromatic carbocycles. The molecule has 9 heteroatoms. The zero-order chi connectivity index (χ0) is 25.3. The Morgan fingerprint density at radius 1 is 1.06 bits per heavy atom. The first-order valence-corrected chi connectivity index (χ1v) is 13.0. The van der Waals surface area contributed by atoms with Gasteiger partial charge in [-0.3, -0.25) is 9.59 Å². The number of fused-ring (bicyclic) bond motifs is 1. The number of amides is 2. The number of benzene rings is 3. The van der Waals surface area contributed by atoms with Crippen LogP contribution in [-0.2, 0) is 22.8 Å². The highest BCUT2D eigenvalue weighted by Gasteiger charge is 2.27. The minimum Gasteiger partial charge on any atom is -0.491 e. The third-order valence-electron chi connectivity index (χ3n) is 6.02. The Labute approximate surface area is 203 Å². The fourth-order valence-corrected chi connectivity index (χ4v) is 4.94. The molecule has 2 amide bonds. The van der Waals surface area contributed by atoms with E-state index < -0.39 is 32.4 Å². The standard InChI is InChI=1S/C26H25FN2O5S/c1-3-20-21(9-11-23(24(20)27)35(2,32)33)26(31)29-12-13-34-22-10-8-18(14-19(22)15-29)16-4-6-17(7-5-16)25(28)30/h4-11,14H,3,12-13,15H2,1-2H3,(H2,28,30). The Morgan fingerprint density at radius 2 is 1.74 bits per heavy atom. The molecule has 1 aliphatic rings. The number of carbonyl (C=O) groups is 2. The topological polar surface area (TPSA) is 107 Å². The van der Waals surface area contributed by atoms with Crippen molar-refractivity contribution < 1.29 is 27.1 Å². The number of hydrogen-bond donors (Lipinski definition) is 1. The van der Waals surface area contributed by atoms with Crippen LogP contribution in [0.5, 0.6) is 5.75 Å². The van der Waals surface area contributed by atoms with Gasteiger partial charge in [0.05, 0.1) is 6.54 Å². The zero-order valence-electron chi connectivity index (χ0n) is 19.4. The molecule has 0 atom stereocenters. The molecule has 0 radical (unpaired) electrons. The summed E-state index contributed by atoms with van der Waals surface area (Å²) in [6.45, 7) is 2.46. The molecule has 35 heavy (non-hydrogen) atoms. The van der Waals surface area contributed by atoms with E-state index in [1.54, 1.807) is 36.1 Å². The summed E-state index contributed by atoms with van der Waals surface area (Å²) in [5.41, 5.74) is 8.45. The van der Waals surface area contributed by atoms with Gasteiger partial charge >= 0.3 is 0 Å². The maximum atomic E-state index is 15.0. The highest BCUT2D eigenvalue weighted by molar-refractivity contribution is 7.90. The predicted octanol–water partition coefficient (Wildman–Crippen LogP) is 3.59. The lowest BCUT2D eigenvalue weighted by atomic mass is 10.00. The largest absolute Gasteiger partial charge is 0.491 e. The molecule has 0 fully saturated rings. The second-order valence-corrected chi connectivity index (χ2v) is 10.4. The van der Waals surface area contributed by atoms with Crippen LogP contribution in [0.1, 0.15) is 38.8 Å². The van der Waals surface area contributed by atoms with Crippen molar-refractivity contribution in [2.75, 3.05) is 19.4 Å². The second kappa shape index (κ2) is 9.50. The third kappa shape index (κ3) is 4.90. The van der Waals surface area contributed by atoms with Gasteiger partial charge in [-0.2, -0.15) is 0 Å². The average Bonchev–Trinajstić information content (AvgIpc) is 3.04. The molecule has 0 bridgehead atoms. The number of nitrogens with zero attached hydrogens (tertiary/aromatic N) is 1. The minimum absolute atomic E-state index is 0.0756. The quantitative estimate of drug-likeness (QED) is 0.581. The van der Waals surface area contributed by atoms with Crippen molar-refractivity contribution in [1.29, 1.82) is 0 Å². The van der Waals surface area contributed by atoms with Crippen LogP contribution in [0.2, 0.25) is 0 Å². The van der Waals surface area contributed by atoms with Crippen LogP contribution in [0.3, 0.4) is 0 Å². The summed E-state index contributed by atoms with van der Waals surface area (Å²) in [7, 11) is -3.76. The van der Waals surface area contributed by atoms with Crippen LogP contribution < -0.4 is 10.5 Å². The van der Waals surface area contributed by atoms with E-state index in [2.05, 4.69) is 0 Å². The van der Waals surface area contributed by atoms with Gasteiger partial charge in [-0.05, 0) is 53.9 Å². The van der Waals surface area contributed by atoms with Gasteiger partial charge in [0.1, 0.15) is 23.1 Å². The fraction of sp³-hybridized carbons (Fsp3) is 0.231. The Bertz CT molecular complexity index is 1420. The van der Waals surface area contributed by atoms with Crippen LogP contribution in [0.15, 0.2) is 59.5 Å². The Hall–Kier alpha value is -3.72. The molecule has 3 aromatic rings. The van der Waals surface area contributed by atoms with Crippen LogP contribution in [0, 0.1) is 5.82 Å². The summed E-state index contributed by atoms with van der Waals surface area (Å²) >= 11 is 0. The van der Waals surface area contributed by atoms with Gasteiger partial charge in [0, 0.05) is 35.1 Å². The molecule has 0 saturated heterocycles. The summed E-state index contributed by atoms with van der Waals surface area (Å²) in [6, 6.07) is 15.0. The lowest BCUT2D eigenvalue weighted by molar-refractivity contribution is 0.0731. The van der Waals surface area contributed by atoms with Gasteiger partial charge in [0.15, 0.2) is 9.84 Å². The summed E-state index contributed by atoms with van der Waals surface area (Å²) in [5.74, 6) is -1.14. The lowest BCUT2D eigenvalue weighted by Crippen LogP contribution is -2.33. The number of halogens is 1. The van der Waals surface area contributed by atoms with E-state index in [-0.39, 0.29) is 37.2 Å². The molecular formula is C26H25FN2O5S. The number of primary amides is 1. The first-order chi connectivity index (χ1) is 16.6. The Balaban J connectivity index is 1.66. The number of ether oxygens (including phenoxy) is 1. The molecule has 0 aromatic heterocycles. The SMILES string of the molecule is CCc1c(C(=O)N2CCOc3ccc(-c4ccc(C(N)=O)cc4)cc3C2)ccc(S(C)(=O)=O)c1F. The molecule has 182 valence electrons. The molecule has 1 aliphatic heterocycles. The minimum atomic E-state index is -3.76. The van der Waals surface area contributed by atoms with Gasteiger partial charge < -0.3 is 15.4 Å². The number of carbonyl (C=O) groups excluding carboxylic acids is 2. The molecule has 0 aliphatic carbocycles. The van der Waals surface area contributed by atoms with Crippen LogP contribution in [0.4, 0.5) is 4.39 Å². The van der Waals surface area contributed by atoms with E-state index in [9.17, 15) is 22.4 Å². The van der Waals surface area contributed by atoms with E-state index in [0.29, 0.717) is 11.3 Å². The van der Waals surface area contributed by atoms with Crippen molar-refractivity contribution in [3.05, 3.63) is 82.7 Å². The van der Waals surface area contributed by atoms with E-state index in [1.807, 2.05) is 18.2 Å². The molecule has 1 heterocycles. The summed E-state index contributed by atoms with van der Waals surface area (Å²) in [5, 5.41) is 0. The first kappa shape index (κ1) is 24.4. The van der Waals surface area contributed by atoms with Crippen LogP contribution >= 0.6 is 0 Å². The van der Waals surface area contributed by atoms with E-state index in [4.69, 9.17) is 10.5 Å². The van der Waals surface area contributed by atoms with Crippen molar-refractivity contribution in [1.82, 2.24) is 4.90 Å². The second-order valence-electron chi connectivity index (χ2n) is 8.37. The van der Waals surface area contributed by atoms with Gasteiger partial charge in [-0.1, -0.05) is 25.1 Å². The highest BCUT2D eigenvalue weighted by Crippen LogP contribution is 2.31. The monoisotopic (exact) mass is 496 g/mol. The number of hydrogen-bond acceptors (Lipinski definition) is 5. The summed E-state index contributed by atoms with van der Waals surface area (Å²) in [4.78, 5) is 25.9. The van der Waals surface area contributed by atoms with Crippen molar-refractivity contribution in [3.8, 4) is 16.9 Å². The number of sulfone groups is 1. The van der Waals surface area contributed by atoms with Crippen molar-refractivity contribution >= 4 is 21.7 Å². The van der Waals surface area contributed by atoms with Crippen molar-refractivity contribution in [2.24, 2.45) is 5.73 Å². The summed E-state index contributed by atoms with van der Waals surface area (Å²) < 4.78 is 44.7. The van der Waals surface area contributed by atoms with E-state index >= 15 is 0 Å². The fourth-order valence-electron chi connectivity index (χ4n) is 4.18. The van der Waals surface area contributed by atoms with Gasteiger partial charge in [0.2, 0.25) is 5.91 Å². The maximum Gasteiger partial charge on any atom is 0.254 e. The molecule has 0 saturated carbocycles. The van der Waals surface area contributed by atoms with Gasteiger partial charge in [0.25, 0.3) is 5.91 Å². The molecule has 0 unspecified atom stereocenters. The maximum absolute atomic E-state index is 15.0. The van der Waals surface area contributed by atoms with E-state index in [0.717, 1.165) is 29.0 Å². The van der Waals surface area contributed by atoms with Crippen molar-refractivity contribution in [3.63, 3.8) is 0 Å².